The third-order valence-corrected chi connectivity index (χ3v) is 6.27. The molecule has 2 N–H and O–H groups in total. The number of rotatable bonds is 7. The van der Waals surface area contributed by atoms with Gasteiger partial charge in [0.15, 0.2) is 16.1 Å². The van der Waals surface area contributed by atoms with Crippen LogP contribution >= 0.6 is 22.9 Å². The van der Waals surface area contributed by atoms with Crippen LogP contribution in [0.4, 0.5) is 5.13 Å². The quantitative estimate of drug-likeness (QED) is 0.661. The Kier molecular flexibility index (Phi) is 6.24. The molecule has 2 aromatic rings. The molecule has 1 fully saturated rings. The van der Waals surface area contributed by atoms with Crippen molar-refractivity contribution < 1.29 is 14.3 Å². The summed E-state index contributed by atoms with van der Waals surface area (Å²) in [6.45, 7) is 8.53. The number of nitrogens with zero attached hydrogens (tertiary/aromatic N) is 3. The zero-order valence-electron chi connectivity index (χ0n) is 16.3. The molecule has 10 heteroatoms. The topological polar surface area (TPSA) is 100 Å². The summed E-state index contributed by atoms with van der Waals surface area (Å²) in [5, 5.41) is 4.12. The number of amides is 1. The predicted octanol–water partition coefficient (Wildman–Crippen LogP) is 2.96. The molecule has 0 spiro atoms. The molecule has 1 aliphatic heterocycles. The van der Waals surface area contributed by atoms with Gasteiger partial charge in [-0.05, 0) is 26.7 Å². The van der Waals surface area contributed by atoms with Crippen molar-refractivity contribution in [2.75, 3.05) is 18.1 Å². The maximum absolute atomic E-state index is 12.5. The van der Waals surface area contributed by atoms with Crippen molar-refractivity contribution in [3.63, 3.8) is 0 Å². The number of ether oxygens (including phenoxy) is 1. The van der Waals surface area contributed by atoms with Crippen molar-refractivity contribution in [3.8, 4) is 0 Å². The number of thiazole rings is 1. The van der Waals surface area contributed by atoms with E-state index in [1.807, 2.05) is 6.92 Å². The molecule has 28 heavy (non-hydrogen) atoms. The molecular weight excluding hydrogens is 402 g/mol. The van der Waals surface area contributed by atoms with Crippen LogP contribution in [0.25, 0.3) is 0 Å². The van der Waals surface area contributed by atoms with Crippen molar-refractivity contribution in [1.29, 1.82) is 0 Å². The fraction of sp³-hybridized carbons (Fsp3) is 0.556. The van der Waals surface area contributed by atoms with Crippen LogP contribution in [0.15, 0.2) is 0 Å². The number of nitrogens with one attached hydrogen (secondary N) is 2. The van der Waals surface area contributed by atoms with Gasteiger partial charge in [0.1, 0.15) is 4.88 Å². The third kappa shape index (κ3) is 3.86. The molecule has 0 radical (unpaired) electrons. The van der Waals surface area contributed by atoms with Crippen LogP contribution in [0.3, 0.4) is 0 Å². The van der Waals surface area contributed by atoms with Crippen molar-refractivity contribution >= 4 is 39.9 Å². The lowest BCUT2D eigenvalue weighted by atomic mass is 9.94. The number of H-pyrrole nitrogens is 1. The Balaban J connectivity index is 1.67. The summed E-state index contributed by atoms with van der Waals surface area (Å²) in [6, 6.07) is 0.0716. The van der Waals surface area contributed by atoms with E-state index in [0.717, 1.165) is 17.2 Å². The molecule has 0 saturated carbocycles. The summed E-state index contributed by atoms with van der Waals surface area (Å²) in [4.78, 5) is 38.7. The molecule has 1 saturated heterocycles. The van der Waals surface area contributed by atoms with Gasteiger partial charge in [-0.3, -0.25) is 4.79 Å². The van der Waals surface area contributed by atoms with Gasteiger partial charge in [0.25, 0.3) is 5.91 Å². The van der Waals surface area contributed by atoms with Crippen molar-refractivity contribution in [1.82, 2.24) is 20.3 Å². The van der Waals surface area contributed by atoms with Crippen LogP contribution in [0, 0.1) is 6.92 Å². The number of hydrogen-bond donors (Lipinski definition) is 2. The van der Waals surface area contributed by atoms with Gasteiger partial charge in [-0.25, -0.2) is 14.8 Å². The summed E-state index contributed by atoms with van der Waals surface area (Å²) in [7, 11) is 0. The number of carbonyl (C=O) groups is 2. The Hall–Kier alpha value is -2.13. The third-order valence-electron chi connectivity index (χ3n) is 4.78. The van der Waals surface area contributed by atoms with Crippen LogP contribution < -0.4 is 10.2 Å². The highest BCUT2D eigenvalue weighted by atomic mass is 35.5. The molecule has 0 aliphatic carbocycles. The standard InChI is InChI=1S/C18H24ClN5O3S/c1-5-10-14(19)23-15(21-10)16(25)22-11-8-24(12(11)6-2)18-20-9(4)13(28-18)17(26)27-7-3/h11-12H,5-8H2,1-4H3,(H,21,23)(H,22,25)/t11-,12+/m1/s1. The monoisotopic (exact) mass is 425 g/mol. The summed E-state index contributed by atoms with van der Waals surface area (Å²) < 4.78 is 5.08. The Morgan fingerprint density at radius 1 is 1.36 bits per heavy atom. The molecule has 3 heterocycles. The Labute approximate surface area is 172 Å². The lowest BCUT2D eigenvalue weighted by molar-refractivity contribution is 0.0531. The molecule has 1 amide bonds. The molecule has 1 aliphatic rings. The van der Waals surface area contributed by atoms with Gasteiger partial charge in [-0.15, -0.1) is 0 Å². The number of hydrogen-bond acceptors (Lipinski definition) is 7. The molecule has 152 valence electrons. The van der Waals surface area contributed by atoms with Gasteiger partial charge in [-0.1, -0.05) is 36.8 Å². The van der Waals surface area contributed by atoms with E-state index in [-0.39, 0.29) is 29.8 Å². The number of halogens is 1. The largest absolute Gasteiger partial charge is 0.462 e. The van der Waals surface area contributed by atoms with E-state index in [0.29, 0.717) is 35.3 Å². The van der Waals surface area contributed by atoms with Crippen LogP contribution in [-0.2, 0) is 11.2 Å². The van der Waals surface area contributed by atoms with E-state index in [9.17, 15) is 9.59 Å². The molecule has 8 nitrogen and oxygen atoms in total. The van der Waals surface area contributed by atoms with Crippen molar-refractivity contribution in [2.24, 2.45) is 0 Å². The number of aromatic nitrogens is 3. The first-order chi connectivity index (χ1) is 13.4. The number of esters is 1. The fourth-order valence-electron chi connectivity index (χ4n) is 3.27. The normalized spacial score (nSPS) is 18.7. The number of carbonyl (C=O) groups excluding carboxylic acids is 2. The summed E-state index contributed by atoms with van der Waals surface area (Å²) >= 11 is 7.35. The van der Waals surface area contributed by atoms with Gasteiger partial charge in [0, 0.05) is 6.54 Å². The first-order valence-corrected chi connectivity index (χ1v) is 10.5. The summed E-state index contributed by atoms with van der Waals surface area (Å²) in [5.41, 5.74) is 1.41. The van der Waals surface area contributed by atoms with Gasteiger partial charge >= 0.3 is 5.97 Å². The Bertz CT molecular complexity index is 881. The zero-order valence-corrected chi connectivity index (χ0v) is 17.9. The maximum Gasteiger partial charge on any atom is 0.350 e. The highest BCUT2D eigenvalue weighted by Crippen LogP contribution is 2.34. The van der Waals surface area contributed by atoms with Gasteiger partial charge in [0.2, 0.25) is 0 Å². The molecule has 3 rings (SSSR count). The Morgan fingerprint density at radius 3 is 2.71 bits per heavy atom. The van der Waals surface area contributed by atoms with Gasteiger partial charge in [0.05, 0.1) is 30.1 Å². The summed E-state index contributed by atoms with van der Waals surface area (Å²) in [5.74, 6) is -0.388. The second-order valence-electron chi connectivity index (χ2n) is 6.55. The fourth-order valence-corrected chi connectivity index (χ4v) is 4.57. The van der Waals surface area contributed by atoms with Crippen LogP contribution in [0.5, 0.6) is 0 Å². The molecule has 0 bridgehead atoms. The molecule has 2 atom stereocenters. The first-order valence-electron chi connectivity index (χ1n) is 9.35. The van der Waals surface area contributed by atoms with Crippen LogP contribution in [0.2, 0.25) is 5.15 Å². The second-order valence-corrected chi connectivity index (χ2v) is 7.88. The minimum Gasteiger partial charge on any atom is -0.462 e. The molecule has 2 aromatic heterocycles. The lowest BCUT2D eigenvalue weighted by Gasteiger charge is -2.47. The van der Waals surface area contributed by atoms with Crippen molar-refractivity contribution in [3.05, 3.63) is 27.2 Å². The predicted molar refractivity (Wildman–Crippen MR) is 108 cm³/mol. The van der Waals surface area contributed by atoms with E-state index < -0.39 is 0 Å². The zero-order chi connectivity index (χ0) is 20.4. The number of aryl methyl sites for hydroxylation is 2. The average Bonchev–Trinajstić information content (AvgIpc) is 3.21. The maximum atomic E-state index is 12.5. The average molecular weight is 426 g/mol. The van der Waals surface area contributed by atoms with E-state index in [2.05, 4.69) is 32.1 Å². The lowest BCUT2D eigenvalue weighted by Crippen LogP contribution is -2.66. The SMILES string of the molecule is CCOC(=O)c1sc(N2C[C@@H](NC(=O)c3nc(Cl)c(CC)[nH]3)[C@@H]2CC)nc1C. The molecule has 0 aromatic carbocycles. The van der Waals surface area contributed by atoms with Gasteiger partial charge in [-0.2, -0.15) is 0 Å². The molecule has 0 unspecified atom stereocenters. The van der Waals surface area contributed by atoms with Crippen LogP contribution in [0.1, 0.15) is 58.9 Å². The smallest absolute Gasteiger partial charge is 0.350 e. The minimum absolute atomic E-state index is 0.0262. The van der Waals surface area contributed by atoms with E-state index in [1.54, 1.807) is 13.8 Å². The molecular formula is C18H24ClN5O3S. The number of aromatic amines is 1. The Morgan fingerprint density at radius 2 is 2.11 bits per heavy atom. The minimum atomic E-state index is -0.344. The van der Waals surface area contributed by atoms with Crippen LogP contribution in [-0.4, -0.2) is 52.1 Å². The van der Waals surface area contributed by atoms with Gasteiger partial charge < -0.3 is 19.9 Å². The number of imidazole rings is 1. The number of anilines is 1. The second kappa shape index (κ2) is 8.48. The highest BCUT2D eigenvalue weighted by molar-refractivity contribution is 7.17. The van der Waals surface area contributed by atoms with E-state index >= 15 is 0 Å². The van der Waals surface area contributed by atoms with E-state index in [4.69, 9.17) is 16.3 Å². The summed E-state index contributed by atoms with van der Waals surface area (Å²) in [6.07, 6.45) is 1.51. The highest BCUT2D eigenvalue weighted by Gasteiger charge is 2.41. The van der Waals surface area contributed by atoms with Crippen molar-refractivity contribution in [2.45, 2.75) is 52.6 Å². The first kappa shape index (κ1) is 20.6. The van der Waals surface area contributed by atoms with E-state index in [1.165, 1.54) is 11.3 Å².